The van der Waals surface area contributed by atoms with E-state index in [9.17, 15) is 0 Å². The van der Waals surface area contributed by atoms with Crippen LogP contribution in [0, 0.1) is 0 Å². The number of hydrogen-bond acceptors (Lipinski definition) is 3. The van der Waals surface area contributed by atoms with E-state index in [1.807, 2.05) is 13.0 Å². The smallest absolute Gasteiger partial charge is 0.220 e. The van der Waals surface area contributed by atoms with Crippen LogP contribution in [-0.4, -0.2) is 31.5 Å². The van der Waals surface area contributed by atoms with Crippen LogP contribution in [0.1, 0.15) is 39.0 Å². The molecule has 0 bridgehead atoms. The third-order valence-corrected chi connectivity index (χ3v) is 3.27. The molecule has 2 N–H and O–H groups in total. The minimum Gasteiger partial charge on any atom is -0.483 e. The van der Waals surface area contributed by atoms with Gasteiger partial charge in [-0.05, 0) is 19.8 Å². The van der Waals surface area contributed by atoms with Crippen LogP contribution in [0.3, 0.4) is 0 Å². The maximum absolute atomic E-state index is 5.03. The van der Waals surface area contributed by atoms with Gasteiger partial charge in [0.25, 0.3) is 0 Å². The predicted octanol–water partition coefficient (Wildman–Crippen LogP) is 1.77. The van der Waals surface area contributed by atoms with Crippen molar-refractivity contribution in [1.29, 1.82) is 0 Å². The predicted molar refractivity (Wildman–Crippen MR) is 73.6 cm³/mol. The maximum atomic E-state index is 5.03. The highest BCUT2D eigenvalue weighted by Crippen LogP contribution is 2.17. The molecule has 0 spiro atoms. The van der Waals surface area contributed by atoms with E-state index in [-0.39, 0.29) is 6.17 Å². The first-order valence-electron chi connectivity index (χ1n) is 6.67. The summed E-state index contributed by atoms with van der Waals surface area (Å²) >= 11 is 0. The third kappa shape index (κ3) is 3.48. The van der Waals surface area contributed by atoms with Crippen LogP contribution in [0.15, 0.2) is 21.9 Å². The molecule has 1 aliphatic carbocycles. The van der Waals surface area contributed by atoms with Crippen molar-refractivity contribution in [3.63, 3.8) is 0 Å². The zero-order valence-corrected chi connectivity index (χ0v) is 11.1. The lowest BCUT2D eigenvalue weighted by Crippen LogP contribution is -2.40. The average Bonchev–Trinajstić information content (AvgIpc) is 2.34. The van der Waals surface area contributed by atoms with E-state index in [4.69, 9.17) is 4.74 Å². The zero-order valence-electron chi connectivity index (χ0n) is 11.1. The van der Waals surface area contributed by atoms with Gasteiger partial charge in [0.1, 0.15) is 6.17 Å². The number of aliphatic imine (C=N–C) groups is 2. The topological polar surface area (TPSA) is 58.0 Å². The van der Waals surface area contributed by atoms with Crippen LogP contribution in [0.5, 0.6) is 0 Å². The molecule has 2 rings (SSSR count). The lowest BCUT2D eigenvalue weighted by Gasteiger charge is -2.26. The number of hydrogen-bond donors (Lipinski definition) is 2. The van der Waals surface area contributed by atoms with Gasteiger partial charge in [-0.3, -0.25) is 0 Å². The fourth-order valence-corrected chi connectivity index (χ4v) is 2.27. The van der Waals surface area contributed by atoms with Crippen LogP contribution in [0.2, 0.25) is 0 Å². The number of methoxy groups -OCH3 is 1. The fourth-order valence-electron chi connectivity index (χ4n) is 2.27. The second kappa shape index (κ2) is 6.42. The lowest BCUT2D eigenvalue weighted by molar-refractivity contribution is 0.229. The van der Waals surface area contributed by atoms with Crippen LogP contribution in [0.25, 0.3) is 0 Å². The van der Waals surface area contributed by atoms with Gasteiger partial charge < -0.3 is 15.4 Å². The van der Waals surface area contributed by atoms with Crippen LogP contribution >= 0.6 is 0 Å². The highest BCUT2D eigenvalue weighted by Gasteiger charge is 2.19. The van der Waals surface area contributed by atoms with Gasteiger partial charge in [0.15, 0.2) is 5.88 Å². The number of guanidine groups is 1. The van der Waals surface area contributed by atoms with Crippen molar-refractivity contribution in [3.8, 4) is 0 Å². The fraction of sp³-hybridized carbons (Fsp3) is 0.692. The summed E-state index contributed by atoms with van der Waals surface area (Å²) in [5, 5.41) is 6.52. The number of nitrogens with one attached hydrogen (secondary N) is 2. The Labute approximate surface area is 108 Å². The van der Waals surface area contributed by atoms with Crippen molar-refractivity contribution < 1.29 is 4.74 Å². The molecule has 0 aromatic heterocycles. The summed E-state index contributed by atoms with van der Waals surface area (Å²) in [6, 6.07) is 0.521. The van der Waals surface area contributed by atoms with Gasteiger partial charge in [-0.1, -0.05) is 19.3 Å². The Balaban J connectivity index is 1.91. The molecule has 2 aliphatic rings. The van der Waals surface area contributed by atoms with Crippen molar-refractivity contribution in [2.75, 3.05) is 7.11 Å². The molecule has 18 heavy (non-hydrogen) atoms. The summed E-state index contributed by atoms with van der Waals surface area (Å²) in [5.41, 5.74) is 0. The van der Waals surface area contributed by atoms with Crippen molar-refractivity contribution in [2.45, 2.75) is 51.2 Å². The van der Waals surface area contributed by atoms with Gasteiger partial charge in [-0.25, -0.2) is 9.98 Å². The minimum absolute atomic E-state index is 0.0188. The molecule has 100 valence electrons. The van der Waals surface area contributed by atoms with Gasteiger partial charge in [-0.2, -0.15) is 0 Å². The van der Waals surface area contributed by atoms with Gasteiger partial charge in [0.05, 0.1) is 7.11 Å². The Kier molecular flexibility index (Phi) is 4.61. The Morgan fingerprint density at radius 2 is 2.17 bits per heavy atom. The van der Waals surface area contributed by atoms with E-state index in [1.165, 1.54) is 32.1 Å². The molecule has 0 aromatic carbocycles. The number of rotatable bonds is 3. The average molecular weight is 250 g/mol. The molecule has 0 aromatic rings. The molecule has 5 heteroatoms. The molecule has 0 amide bonds. The second-order valence-corrected chi connectivity index (χ2v) is 4.64. The Morgan fingerprint density at radius 1 is 1.44 bits per heavy atom. The monoisotopic (exact) mass is 250 g/mol. The molecule has 1 heterocycles. The van der Waals surface area contributed by atoms with E-state index < -0.39 is 0 Å². The molecule has 1 aliphatic heterocycles. The standard InChI is InChI=1S/C13H22N4O/c1-3-14-13(15-10-7-5-4-6-8-10)17-11-9-12(16-11)18-2/h3,9-11,16H,4-8H2,1-2H3,(H,15,17)/b14-3-. The first-order chi connectivity index (χ1) is 8.81. The van der Waals surface area contributed by atoms with E-state index in [1.54, 1.807) is 13.3 Å². The zero-order chi connectivity index (χ0) is 12.8. The first kappa shape index (κ1) is 12.9. The van der Waals surface area contributed by atoms with Crippen molar-refractivity contribution in [1.82, 2.24) is 10.6 Å². The maximum Gasteiger partial charge on any atom is 0.220 e. The van der Waals surface area contributed by atoms with E-state index in [0.29, 0.717) is 12.0 Å². The molecule has 0 saturated heterocycles. The van der Waals surface area contributed by atoms with Gasteiger partial charge in [0, 0.05) is 18.3 Å². The lowest BCUT2D eigenvalue weighted by atomic mass is 9.96. The number of ether oxygens (including phenoxy) is 1. The molecule has 1 unspecified atom stereocenters. The number of nitrogens with zero attached hydrogens (tertiary/aromatic N) is 2. The van der Waals surface area contributed by atoms with E-state index in [2.05, 4.69) is 20.6 Å². The first-order valence-corrected chi connectivity index (χ1v) is 6.67. The Morgan fingerprint density at radius 3 is 2.78 bits per heavy atom. The van der Waals surface area contributed by atoms with Crippen LogP contribution in [-0.2, 0) is 4.74 Å². The molecule has 1 saturated carbocycles. The molecule has 0 radical (unpaired) electrons. The second-order valence-electron chi connectivity index (χ2n) is 4.64. The highest BCUT2D eigenvalue weighted by atomic mass is 16.5. The summed E-state index contributed by atoms with van der Waals surface area (Å²) in [5.74, 6) is 1.49. The molecular weight excluding hydrogens is 228 g/mol. The van der Waals surface area contributed by atoms with Crippen molar-refractivity contribution in [2.24, 2.45) is 9.98 Å². The van der Waals surface area contributed by atoms with E-state index in [0.717, 1.165) is 5.88 Å². The summed E-state index contributed by atoms with van der Waals surface area (Å²) in [7, 11) is 1.64. The van der Waals surface area contributed by atoms with Gasteiger partial charge in [0.2, 0.25) is 5.96 Å². The normalized spacial score (nSPS) is 25.3. The molecule has 1 atom stereocenters. The Hall–Kier alpha value is -1.52. The largest absolute Gasteiger partial charge is 0.483 e. The van der Waals surface area contributed by atoms with Gasteiger partial charge >= 0.3 is 0 Å². The highest BCUT2D eigenvalue weighted by molar-refractivity contribution is 5.87. The van der Waals surface area contributed by atoms with Crippen molar-refractivity contribution in [3.05, 3.63) is 12.0 Å². The summed E-state index contributed by atoms with van der Waals surface area (Å²) in [4.78, 5) is 8.80. The summed E-state index contributed by atoms with van der Waals surface area (Å²) in [6.07, 6.45) is 10.1. The van der Waals surface area contributed by atoms with E-state index >= 15 is 0 Å². The Bertz CT molecular complexity index is 356. The summed E-state index contributed by atoms with van der Waals surface area (Å²) in [6.45, 7) is 1.91. The SMILES string of the molecule is C/C=N\C(=N/C1C=C(OC)N1)NC1CCCCC1. The summed E-state index contributed by atoms with van der Waals surface area (Å²) < 4.78 is 5.03. The van der Waals surface area contributed by atoms with Crippen LogP contribution < -0.4 is 10.6 Å². The molecule has 5 nitrogen and oxygen atoms in total. The third-order valence-electron chi connectivity index (χ3n) is 3.27. The van der Waals surface area contributed by atoms with Crippen LogP contribution in [0.4, 0.5) is 0 Å². The molecule has 1 fully saturated rings. The minimum atomic E-state index is -0.0188. The van der Waals surface area contributed by atoms with Gasteiger partial charge in [-0.15, -0.1) is 0 Å². The quantitative estimate of drug-likeness (QED) is 0.593. The molecular formula is C13H22N4O. The van der Waals surface area contributed by atoms with Crippen molar-refractivity contribution >= 4 is 12.2 Å².